The summed E-state index contributed by atoms with van der Waals surface area (Å²) in [6.07, 6.45) is 4.36. The Labute approximate surface area is 207 Å². The number of nitrogens with one attached hydrogen (secondary N) is 1. The van der Waals surface area contributed by atoms with Gasteiger partial charge in [-0.15, -0.1) is 0 Å². The molecule has 2 atom stereocenters. The second-order valence-electron chi connectivity index (χ2n) is 9.79. The van der Waals surface area contributed by atoms with E-state index in [4.69, 9.17) is 4.74 Å². The Kier molecular flexibility index (Phi) is 5.65. The Morgan fingerprint density at radius 3 is 2.67 bits per heavy atom. The number of anilines is 2. The van der Waals surface area contributed by atoms with E-state index in [0.29, 0.717) is 34.9 Å². The minimum absolute atomic E-state index is 0.00499. The van der Waals surface area contributed by atoms with Crippen LogP contribution in [0.25, 0.3) is 22.3 Å². The third-order valence-electron chi connectivity index (χ3n) is 6.92. The Morgan fingerprint density at radius 2 is 1.97 bits per heavy atom. The van der Waals surface area contributed by atoms with Crippen molar-refractivity contribution in [2.24, 2.45) is 0 Å². The molecule has 5 heterocycles. The number of ether oxygens (including phenoxy) is 1. The molecular weight excluding hydrogens is 464 g/mol. The van der Waals surface area contributed by atoms with E-state index in [9.17, 15) is 8.78 Å². The van der Waals surface area contributed by atoms with Crippen LogP contribution >= 0.6 is 0 Å². The van der Waals surface area contributed by atoms with Gasteiger partial charge in [-0.3, -0.25) is 4.90 Å². The van der Waals surface area contributed by atoms with Crippen molar-refractivity contribution in [2.75, 3.05) is 18.5 Å². The maximum atomic E-state index is 14.9. The molecule has 1 N–H and O–H groups in total. The van der Waals surface area contributed by atoms with Crippen molar-refractivity contribution in [3.8, 4) is 11.3 Å². The first-order valence-corrected chi connectivity index (χ1v) is 12.1. The molecule has 10 heteroatoms. The van der Waals surface area contributed by atoms with Crippen LogP contribution in [0.15, 0.2) is 36.7 Å². The van der Waals surface area contributed by atoms with E-state index in [1.165, 1.54) is 6.07 Å². The molecule has 1 aromatic carbocycles. The summed E-state index contributed by atoms with van der Waals surface area (Å²) in [5, 5.41) is 3.03. The highest BCUT2D eigenvalue weighted by Crippen LogP contribution is 2.31. The fourth-order valence-corrected chi connectivity index (χ4v) is 5.30. The third kappa shape index (κ3) is 4.10. The van der Waals surface area contributed by atoms with Crippen LogP contribution in [0.5, 0.6) is 0 Å². The maximum absolute atomic E-state index is 14.9. The third-order valence-corrected chi connectivity index (χ3v) is 6.92. The quantitative estimate of drug-likeness (QED) is 0.416. The summed E-state index contributed by atoms with van der Waals surface area (Å²) in [5.74, 6) is 0.250. The van der Waals surface area contributed by atoms with Crippen LogP contribution in [0.4, 0.5) is 20.5 Å². The van der Waals surface area contributed by atoms with E-state index >= 15 is 0 Å². The number of aromatic nitrogens is 5. The Balaban J connectivity index is 1.25. The molecule has 3 aromatic heterocycles. The van der Waals surface area contributed by atoms with Gasteiger partial charge in [-0.2, -0.15) is 0 Å². The zero-order valence-corrected chi connectivity index (χ0v) is 20.4. The summed E-state index contributed by atoms with van der Waals surface area (Å²) in [5.41, 5.74) is 2.29. The van der Waals surface area contributed by atoms with E-state index < -0.39 is 11.6 Å². The molecule has 0 radical (unpaired) electrons. The average molecular weight is 492 g/mol. The summed E-state index contributed by atoms with van der Waals surface area (Å²) in [6, 6.07) is 7.40. The molecule has 0 aliphatic carbocycles. The molecule has 2 unspecified atom stereocenters. The molecule has 36 heavy (non-hydrogen) atoms. The van der Waals surface area contributed by atoms with Gasteiger partial charge in [0, 0.05) is 36.9 Å². The Hall–Kier alpha value is -3.50. The van der Waals surface area contributed by atoms with Gasteiger partial charge < -0.3 is 14.6 Å². The number of rotatable bonds is 6. The van der Waals surface area contributed by atoms with Crippen molar-refractivity contribution in [1.82, 2.24) is 29.4 Å². The molecule has 8 nitrogen and oxygen atoms in total. The van der Waals surface area contributed by atoms with Gasteiger partial charge in [0.1, 0.15) is 22.9 Å². The van der Waals surface area contributed by atoms with Gasteiger partial charge in [0.2, 0.25) is 5.95 Å². The fourth-order valence-electron chi connectivity index (χ4n) is 5.30. The van der Waals surface area contributed by atoms with E-state index in [1.807, 2.05) is 43.7 Å². The van der Waals surface area contributed by atoms with Crippen LogP contribution < -0.4 is 5.32 Å². The number of hydrogen-bond donors (Lipinski definition) is 1. The topological polar surface area (TPSA) is 81.0 Å². The van der Waals surface area contributed by atoms with Crippen LogP contribution in [0.1, 0.15) is 37.7 Å². The number of morpholine rings is 1. The molecule has 4 aromatic rings. The molecule has 2 saturated heterocycles. The highest BCUT2D eigenvalue weighted by Gasteiger charge is 2.38. The number of likely N-dealkylation sites (tertiary alicyclic amines) is 1. The number of benzene rings is 1. The number of imidazole rings is 1. The van der Waals surface area contributed by atoms with Crippen molar-refractivity contribution in [3.05, 3.63) is 59.7 Å². The standard InChI is InChI=1S/C26H27F2N7O/c1-14(2)35-15(3)31-25-20(27)6-17(7-22(25)35)24-21(28)10-30-26(33-24)32-23-5-4-16(9-29-23)11-34-12-19-8-18(34)13-36-19/h4-7,9-10,14,18-19H,8,11-13H2,1-3H3,(H,29,30,32,33). The van der Waals surface area contributed by atoms with E-state index in [-0.39, 0.29) is 23.2 Å². The molecule has 0 saturated carbocycles. The summed E-state index contributed by atoms with van der Waals surface area (Å²) < 4.78 is 37.3. The zero-order chi connectivity index (χ0) is 25.0. The van der Waals surface area contributed by atoms with E-state index in [2.05, 4.69) is 30.2 Å². The lowest BCUT2D eigenvalue weighted by molar-refractivity contribution is 0.0273. The average Bonchev–Trinajstić information content (AvgIpc) is 3.55. The molecule has 186 valence electrons. The van der Waals surface area contributed by atoms with Crippen molar-refractivity contribution >= 4 is 22.8 Å². The molecule has 2 bridgehead atoms. The van der Waals surface area contributed by atoms with Crippen molar-refractivity contribution in [3.63, 3.8) is 0 Å². The van der Waals surface area contributed by atoms with Crippen molar-refractivity contribution in [2.45, 2.75) is 51.9 Å². The van der Waals surface area contributed by atoms with Crippen LogP contribution in [-0.4, -0.2) is 54.7 Å². The van der Waals surface area contributed by atoms with Crippen LogP contribution in [0, 0.1) is 18.6 Å². The van der Waals surface area contributed by atoms with Crippen LogP contribution in [-0.2, 0) is 11.3 Å². The van der Waals surface area contributed by atoms with Gasteiger partial charge in [0.15, 0.2) is 11.6 Å². The minimum atomic E-state index is -0.640. The summed E-state index contributed by atoms with van der Waals surface area (Å²) >= 11 is 0. The second-order valence-corrected chi connectivity index (χ2v) is 9.79. The second kappa shape index (κ2) is 8.86. The normalized spacial score (nSPS) is 19.6. The highest BCUT2D eigenvalue weighted by atomic mass is 19.1. The van der Waals surface area contributed by atoms with E-state index in [1.54, 1.807) is 6.07 Å². The zero-order valence-electron chi connectivity index (χ0n) is 20.4. The first kappa shape index (κ1) is 22.9. The summed E-state index contributed by atoms with van der Waals surface area (Å²) in [6.45, 7) is 8.41. The lowest BCUT2D eigenvalue weighted by atomic mass is 10.1. The molecule has 0 spiro atoms. The Bertz CT molecular complexity index is 1440. The first-order chi connectivity index (χ1) is 17.4. The van der Waals surface area contributed by atoms with Gasteiger partial charge in [-0.25, -0.2) is 28.7 Å². The Morgan fingerprint density at radius 1 is 1.11 bits per heavy atom. The van der Waals surface area contributed by atoms with Gasteiger partial charge in [-0.1, -0.05) is 6.07 Å². The maximum Gasteiger partial charge on any atom is 0.229 e. The molecular formula is C26H27F2N7O. The fraction of sp³-hybridized carbons (Fsp3) is 0.385. The molecule has 2 aliphatic heterocycles. The number of halogens is 2. The van der Waals surface area contributed by atoms with Gasteiger partial charge in [0.25, 0.3) is 0 Å². The molecule has 2 fully saturated rings. The monoisotopic (exact) mass is 491 g/mol. The number of aryl methyl sites for hydroxylation is 1. The molecule has 2 aliphatic rings. The highest BCUT2D eigenvalue weighted by molar-refractivity contribution is 5.83. The number of nitrogens with zero attached hydrogens (tertiary/aromatic N) is 6. The van der Waals surface area contributed by atoms with Crippen molar-refractivity contribution < 1.29 is 13.5 Å². The number of fused-ring (bicyclic) bond motifs is 3. The number of pyridine rings is 1. The first-order valence-electron chi connectivity index (χ1n) is 12.1. The van der Waals surface area contributed by atoms with E-state index in [0.717, 1.165) is 37.9 Å². The lowest BCUT2D eigenvalue weighted by Crippen LogP contribution is -2.36. The minimum Gasteiger partial charge on any atom is -0.375 e. The lowest BCUT2D eigenvalue weighted by Gasteiger charge is -2.26. The predicted molar refractivity (Wildman–Crippen MR) is 132 cm³/mol. The van der Waals surface area contributed by atoms with Crippen LogP contribution in [0.3, 0.4) is 0 Å². The van der Waals surface area contributed by atoms with Gasteiger partial charge in [0.05, 0.1) is 24.4 Å². The van der Waals surface area contributed by atoms with Gasteiger partial charge >= 0.3 is 0 Å². The molecule has 0 amide bonds. The smallest absolute Gasteiger partial charge is 0.229 e. The number of hydrogen-bond acceptors (Lipinski definition) is 7. The summed E-state index contributed by atoms with van der Waals surface area (Å²) in [4.78, 5) is 19.6. The van der Waals surface area contributed by atoms with Crippen LogP contribution in [0.2, 0.25) is 0 Å². The largest absolute Gasteiger partial charge is 0.375 e. The SMILES string of the molecule is Cc1nc2c(F)cc(-c3nc(Nc4ccc(CN5CC6CC5CO6)cn4)ncc3F)cc2n1C(C)C. The predicted octanol–water partition coefficient (Wildman–Crippen LogP) is 4.77. The van der Waals surface area contributed by atoms with Crippen molar-refractivity contribution in [1.29, 1.82) is 0 Å². The summed E-state index contributed by atoms with van der Waals surface area (Å²) in [7, 11) is 0. The van der Waals surface area contributed by atoms with Gasteiger partial charge in [-0.05, 0) is 51.0 Å². The molecule has 6 rings (SSSR count).